The van der Waals surface area contributed by atoms with Gasteiger partial charge in [-0.2, -0.15) is 0 Å². The molecule has 2 fully saturated rings. The molecule has 4 unspecified atom stereocenters. The molecule has 19 heavy (non-hydrogen) atoms. The van der Waals surface area contributed by atoms with Gasteiger partial charge in [0.1, 0.15) is 5.82 Å². The third kappa shape index (κ3) is 2.41. The molecule has 2 nitrogen and oxygen atoms in total. The minimum absolute atomic E-state index is 0.0202. The van der Waals surface area contributed by atoms with Crippen molar-refractivity contribution in [1.29, 1.82) is 0 Å². The van der Waals surface area contributed by atoms with Crippen LogP contribution < -0.4 is 5.73 Å². The molecular weight excluding hydrogens is 239 g/mol. The van der Waals surface area contributed by atoms with Crippen molar-refractivity contribution < 1.29 is 4.39 Å². The van der Waals surface area contributed by atoms with Crippen molar-refractivity contribution in [3.8, 4) is 0 Å². The SMILES string of the molecule is CC(N)C(c1ccccc1F)N1CC2CCCC2C1. The molecule has 0 spiro atoms. The maximum absolute atomic E-state index is 14.1. The topological polar surface area (TPSA) is 29.3 Å². The fourth-order valence-corrected chi connectivity index (χ4v) is 4.03. The van der Waals surface area contributed by atoms with Crippen LogP contribution in [0.3, 0.4) is 0 Å². The molecule has 1 saturated heterocycles. The van der Waals surface area contributed by atoms with Crippen LogP contribution in [0.5, 0.6) is 0 Å². The molecule has 3 rings (SSSR count). The highest BCUT2D eigenvalue weighted by molar-refractivity contribution is 5.23. The summed E-state index contributed by atoms with van der Waals surface area (Å²) in [5, 5.41) is 0. The van der Waals surface area contributed by atoms with E-state index in [4.69, 9.17) is 5.73 Å². The molecule has 104 valence electrons. The third-order valence-corrected chi connectivity index (χ3v) is 4.87. The number of hydrogen-bond donors (Lipinski definition) is 1. The molecule has 1 aromatic carbocycles. The maximum Gasteiger partial charge on any atom is 0.128 e. The second kappa shape index (κ2) is 5.22. The largest absolute Gasteiger partial charge is 0.326 e. The van der Waals surface area contributed by atoms with Gasteiger partial charge in [-0.1, -0.05) is 24.6 Å². The minimum Gasteiger partial charge on any atom is -0.326 e. The number of likely N-dealkylation sites (tertiary alicyclic amines) is 1. The summed E-state index contributed by atoms with van der Waals surface area (Å²) in [4.78, 5) is 2.41. The van der Waals surface area contributed by atoms with Crippen LogP contribution in [-0.2, 0) is 0 Å². The lowest BCUT2D eigenvalue weighted by molar-refractivity contribution is 0.198. The van der Waals surface area contributed by atoms with Crippen LogP contribution in [0.4, 0.5) is 4.39 Å². The Kier molecular flexibility index (Phi) is 3.59. The Hall–Kier alpha value is -0.930. The van der Waals surface area contributed by atoms with Gasteiger partial charge in [0.25, 0.3) is 0 Å². The number of nitrogens with two attached hydrogens (primary N) is 1. The molecule has 1 aliphatic heterocycles. The molecule has 1 saturated carbocycles. The molecule has 0 aromatic heterocycles. The van der Waals surface area contributed by atoms with Crippen molar-refractivity contribution in [2.75, 3.05) is 13.1 Å². The monoisotopic (exact) mass is 262 g/mol. The minimum atomic E-state index is -0.123. The van der Waals surface area contributed by atoms with E-state index in [1.165, 1.54) is 19.3 Å². The van der Waals surface area contributed by atoms with Gasteiger partial charge < -0.3 is 5.73 Å². The number of halogens is 1. The van der Waals surface area contributed by atoms with Gasteiger partial charge >= 0.3 is 0 Å². The Morgan fingerprint density at radius 3 is 2.42 bits per heavy atom. The summed E-state index contributed by atoms with van der Waals surface area (Å²) in [6.45, 7) is 4.17. The maximum atomic E-state index is 14.1. The van der Waals surface area contributed by atoms with Gasteiger partial charge in [0.15, 0.2) is 0 Å². The van der Waals surface area contributed by atoms with Crippen LogP contribution in [0.2, 0.25) is 0 Å². The lowest BCUT2D eigenvalue weighted by Gasteiger charge is -2.32. The van der Waals surface area contributed by atoms with Crippen LogP contribution in [0.1, 0.15) is 37.8 Å². The Labute approximate surface area is 114 Å². The predicted molar refractivity (Wildman–Crippen MR) is 75.2 cm³/mol. The van der Waals surface area contributed by atoms with Gasteiger partial charge in [-0.25, -0.2) is 4.39 Å². The van der Waals surface area contributed by atoms with Crippen molar-refractivity contribution in [2.45, 2.75) is 38.3 Å². The zero-order valence-corrected chi connectivity index (χ0v) is 11.6. The first-order valence-corrected chi connectivity index (χ1v) is 7.41. The predicted octanol–water partition coefficient (Wildman–Crippen LogP) is 2.95. The highest BCUT2D eigenvalue weighted by Crippen LogP contribution is 2.41. The second-order valence-electron chi connectivity index (χ2n) is 6.23. The molecule has 1 aliphatic carbocycles. The quantitative estimate of drug-likeness (QED) is 0.907. The van der Waals surface area contributed by atoms with Crippen LogP contribution in [-0.4, -0.2) is 24.0 Å². The van der Waals surface area contributed by atoms with E-state index in [2.05, 4.69) is 4.90 Å². The summed E-state index contributed by atoms with van der Waals surface area (Å²) in [5.41, 5.74) is 6.92. The third-order valence-electron chi connectivity index (χ3n) is 4.87. The molecule has 4 atom stereocenters. The fraction of sp³-hybridized carbons (Fsp3) is 0.625. The Bertz CT molecular complexity index is 434. The smallest absolute Gasteiger partial charge is 0.128 e. The van der Waals surface area contributed by atoms with Crippen LogP contribution in [0, 0.1) is 17.7 Å². The van der Waals surface area contributed by atoms with Crippen molar-refractivity contribution in [2.24, 2.45) is 17.6 Å². The summed E-state index contributed by atoms with van der Waals surface area (Å²) in [7, 11) is 0. The summed E-state index contributed by atoms with van der Waals surface area (Å²) < 4.78 is 14.1. The lowest BCUT2D eigenvalue weighted by atomic mass is 9.98. The summed E-state index contributed by atoms with van der Waals surface area (Å²) >= 11 is 0. The van der Waals surface area contributed by atoms with E-state index in [1.807, 2.05) is 19.1 Å². The van der Waals surface area contributed by atoms with Crippen molar-refractivity contribution in [1.82, 2.24) is 4.90 Å². The van der Waals surface area contributed by atoms with E-state index in [0.717, 1.165) is 30.5 Å². The Balaban J connectivity index is 1.84. The van der Waals surface area contributed by atoms with E-state index in [0.29, 0.717) is 0 Å². The van der Waals surface area contributed by atoms with E-state index in [9.17, 15) is 4.39 Å². The van der Waals surface area contributed by atoms with Gasteiger partial charge in [0.2, 0.25) is 0 Å². The first-order valence-electron chi connectivity index (χ1n) is 7.41. The van der Waals surface area contributed by atoms with E-state index < -0.39 is 0 Å². The number of hydrogen-bond acceptors (Lipinski definition) is 2. The van der Waals surface area contributed by atoms with Crippen LogP contribution in [0.15, 0.2) is 24.3 Å². The molecule has 1 heterocycles. The average Bonchev–Trinajstić information content (AvgIpc) is 2.92. The van der Waals surface area contributed by atoms with Gasteiger partial charge in [0.05, 0.1) is 6.04 Å². The molecular formula is C16H23FN2. The fourth-order valence-electron chi connectivity index (χ4n) is 4.03. The Morgan fingerprint density at radius 2 is 1.84 bits per heavy atom. The zero-order chi connectivity index (χ0) is 13.4. The van der Waals surface area contributed by atoms with Crippen molar-refractivity contribution in [3.05, 3.63) is 35.6 Å². The van der Waals surface area contributed by atoms with Gasteiger partial charge in [-0.3, -0.25) is 4.90 Å². The standard InChI is InChI=1S/C16H23FN2/c1-11(18)16(14-7-2-3-8-15(14)17)19-9-12-5-4-6-13(12)10-19/h2-3,7-8,11-13,16H,4-6,9-10,18H2,1H3. The van der Waals surface area contributed by atoms with E-state index >= 15 is 0 Å². The molecule has 0 bridgehead atoms. The average molecular weight is 262 g/mol. The summed E-state index contributed by atoms with van der Waals surface area (Å²) in [6.07, 6.45) is 4.04. The normalized spacial score (nSPS) is 30.3. The van der Waals surface area contributed by atoms with Crippen LogP contribution >= 0.6 is 0 Å². The van der Waals surface area contributed by atoms with E-state index in [1.54, 1.807) is 12.1 Å². The van der Waals surface area contributed by atoms with Gasteiger partial charge in [-0.15, -0.1) is 0 Å². The van der Waals surface area contributed by atoms with Gasteiger partial charge in [-0.05, 0) is 37.7 Å². The first kappa shape index (κ1) is 13.1. The second-order valence-corrected chi connectivity index (χ2v) is 6.23. The lowest BCUT2D eigenvalue weighted by Crippen LogP contribution is -2.39. The molecule has 2 aliphatic rings. The highest BCUT2D eigenvalue weighted by atomic mass is 19.1. The molecule has 2 N–H and O–H groups in total. The van der Waals surface area contributed by atoms with Crippen molar-refractivity contribution >= 4 is 0 Å². The summed E-state index contributed by atoms with van der Waals surface area (Å²) in [5.74, 6) is 1.50. The van der Waals surface area contributed by atoms with Gasteiger partial charge in [0, 0.05) is 24.7 Å². The number of rotatable bonds is 3. The zero-order valence-electron chi connectivity index (χ0n) is 11.6. The highest BCUT2D eigenvalue weighted by Gasteiger charge is 2.40. The number of nitrogens with zero attached hydrogens (tertiary/aromatic N) is 1. The van der Waals surface area contributed by atoms with Crippen molar-refractivity contribution in [3.63, 3.8) is 0 Å². The molecule has 3 heteroatoms. The van der Waals surface area contributed by atoms with E-state index in [-0.39, 0.29) is 17.9 Å². The first-order chi connectivity index (χ1) is 9.16. The molecule has 0 amide bonds. The summed E-state index contributed by atoms with van der Waals surface area (Å²) in [6, 6.07) is 7.06. The number of benzene rings is 1. The van der Waals surface area contributed by atoms with Crippen LogP contribution in [0.25, 0.3) is 0 Å². The number of fused-ring (bicyclic) bond motifs is 1. The Morgan fingerprint density at radius 1 is 1.21 bits per heavy atom. The molecule has 0 radical (unpaired) electrons. The molecule has 1 aromatic rings.